The summed E-state index contributed by atoms with van der Waals surface area (Å²) in [5, 5.41) is 35.8. The number of aryl methyl sites for hydroxylation is 1. The number of hydrogen-bond acceptors (Lipinski definition) is 7. The van der Waals surface area contributed by atoms with E-state index in [1.165, 1.54) is 11.3 Å². The molecule has 1 aromatic heterocycles. The van der Waals surface area contributed by atoms with Crippen molar-refractivity contribution in [2.24, 2.45) is 34.5 Å². The van der Waals surface area contributed by atoms with Gasteiger partial charge in [0, 0.05) is 5.92 Å². The number of Topliss-reactive ketones (excluding diaryl/α,β-unsaturated/α-hetero) is 1. The second kappa shape index (κ2) is 7.11. The Labute approximate surface area is 198 Å². The summed E-state index contributed by atoms with van der Waals surface area (Å²) in [5.41, 5.74) is -2.01. The first-order chi connectivity index (χ1) is 15.4. The summed E-state index contributed by atoms with van der Waals surface area (Å²) in [7, 11) is 0. The molecule has 2 saturated carbocycles. The van der Waals surface area contributed by atoms with Gasteiger partial charge in [-0.1, -0.05) is 32.9 Å². The van der Waals surface area contributed by atoms with Crippen LogP contribution in [-0.4, -0.2) is 51.5 Å². The zero-order valence-corrected chi connectivity index (χ0v) is 20.5. The Kier molecular flexibility index (Phi) is 4.94. The highest BCUT2D eigenvalue weighted by Gasteiger charge is 2.76. The lowest BCUT2D eigenvalue weighted by Crippen LogP contribution is -2.65. The van der Waals surface area contributed by atoms with Crippen LogP contribution in [0.2, 0.25) is 0 Å². The van der Waals surface area contributed by atoms with Gasteiger partial charge in [-0.25, -0.2) is 4.79 Å². The third-order valence-corrected chi connectivity index (χ3v) is 10.2. The van der Waals surface area contributed by atoms with Gasteiger partial charge in [0.2, 0.25) is 0 Å². The standard InChI is InChI=1S/C26H32O6S/c1-12-6-7-33-19(12)23(30)32-22-13(2)10-25-14(3)8-17-18(24(17,4)5)16(21(25)29)9-15(11-27)20(28)26(22,25)31/h6-7,9-10,14,16-18,20,22,27-28,31H,8,11H2,1-5H3/t14?,16-,17+,18-,20+,22-,25?,26-/m0/s1. The van der Waals surface area contributed by atoms with Gasteiger partial charge in [-0.05, 0) is 71.6 Å². The van der Waals surface area contributed by atoms with Crippen molar-refractivity contribution in [3.8, 4) is 0 Å². The van der Waals surface area contributed by atoms with Gasteiger partial charge < -0.3 is 20.1 Å². The molecule has 8 atom stereocenters. The Hall–Kier alpha value is -1.80. The first-order valence-electron chi connectivity index (χ1n) is 11.6. The van der Waals surface area contributed by atoms with E-state index in [1.807, 2.05) is 19.9 Å². The molecule has 6 nitrogen and oxygen atoms in total. The molecule has 7 heteroatoms. The van der Waals surface area contributed by atoms with Crippen molar-refractivity contribution < 1.29 is 29.6 Å². The maximum absolute atomic E-state index is 14.3. The molecule has 4 aliphatic rings. The minimum absolute atomic E-state index is 0.0272. The highest BCUT2D eigenvalue weighted by Crippen LogP contribution is 2.71. The molecule has 2 bridgehead atoms. The lowest BCUT2D eigenvalue weighted by atomic mass is 9.59. The molecule has 2 unspecified atom stereocenters. The maximum Gasteiger partial charge on any atom is 0.349 e. The first-order valence-corrected chi connectivity index (χ1v) is 12.5. The Balaban J connectivity index is 1.66. The zero-order valence-electron chi connectivity index (χ0n) is 19.7. The average Bonchev–Trinajstić information content (AvgIpc) is 3.02. The van der Waals surface area contributed by atoms with Gasteiger partial charge >= 0.3 is 5.97 Å². The van der Waals surface area contributed by atoms with E-state index in [1.54, 1.807) is 24.5 Å². The number of ketones is 1. The second-order valence-corrected chi connectivity index (χ2v) is 12.0. The van der Waals surface area contributed by atoms with E-state index in [-0.39, 0.29) is 28.6 Å². The van der Waals surface area contributed by atoms with E-state index in [0.717, 1.165) is 12.0 Å². The van der Waals surface area contributed by atoms with Crippen molar-refractivity contribution in [1.82, 2.24) is 0 Å². The van der Waals surface area contributed by atoms with Gasteiger partial charge in [-0.3, -0.25) is 4.79 Å². The molecule has 0 saturated heterocycles. The van der Waals surface area contributed by atoms with E-state index < -0.39 is 41.7 Å². The highest BCUT2D eigenvalue weighted by atomic mass is 32.1. The summed E-state index contributed by atoms with van der Waals surface area (Å²) in [6, 6.07) is 1.82. The fourth-order valence-corrected chi connectivity index (χ4v) is 8.14. The van der Waals surface area contributed by atoms with Crippen LogP contribution in [0.3, 0.4) is 0 Å². The molecule has 33 heavy (non-hydrogen) atoms. The third kappa shape index (κ3) is 2.71. The summed E-state index contributed by atoms with van der Waals surface area (Å²) in [5.74, 6) is -1.14. The van der Waals surface area contributed by atoms with Crippen LogP contribution in [0.15, 0.2) is 34.7 Å². The largest absolute Gasteiger partial charge is 0.450 e. The minimum atomic E-state index is -2.10. The van der Waals surface area contributed by atoms with E-state index in [9.17, 15) is 24.9 Å². The van der Waals surface area contributed by atoms with Crippen LogP contribution in [0.4, 0.5) is 0 Å². The smallest absolute Gasteiger partial charge is 0.349 e. The van der Waals surface area contributed by atoms with Gasteiger partial charge in [0.15, 0.2) is 17.5 Å². The lowest BCUT2D eigenvalue weighted by molar-refractivity contribution is -0.190. The molecule has 178 valence electrons. The molecule has 1 spiro atoms. The molecule has 3 N–H and O–H groups in total. The topological polar surface area (TPSA) is 104 Å². The molecular weight excluding hydrogens is 440 g/mol. The van der Waals surface area contributed by atoms with E-state index >= 15 is 0 Å². The number of carbonyl (C=O) groups is 2. The molecule has 0 radical (unpaired) electrons. The van der Waals surface area contributed by atoms with Crippen molar-refractivity contribution in [2.75, 3.05) is 6.61 Å². The van der Waals surface area contributed by atoms with Crippen molar-refractivity contribution in [2.45, 2.75) is 58.8 Å². The second-order valence-electron chi connectivity index (χ2n) is 11.1. The van der Waals surface area contributed by atoms with Gasteiger partial charge in [0.05, 0.1) is 12.0 Å². The van der Waals surface area contributed by atoms with Gasteiger partial charge in [-0.15, -0.1) is 11.3 Å². The fourth-order valence-electron chi connectivity index (χ4n) is 7.34. The minimum Gasteiger partial charge on any atom is -0.450 e. The number of esters is 1. The highest BCUT2D eigenvalue weighted by molar-refractivity contribution is 7.12. The summed E-state index contributed by atoms with van der Waals surface area (Å²) in [6.45, 7) is 9.32. The van der Waals surface area contributed by atoms with Gasteiger partial charge in [-0.2, -0.15) is 0 Å². The number of rotatable bonds is 3. The Morgan fingerprint density at radius 2 is 2.00 bits per heavy atom. The van der Waals surface area contributed by atoms with Crippen LogP contribution in [0, 0.1) is 41.4 Å². The molecule has 1 heterocycles. The first kappa shape index (κ1) is 23.0. The number of ether oxygens (including phenoxy) is 1. The number of hydrogen-bond donors (Lipinski definition) is 3. The van der Waals surface area contributed by atoms with Crippen LogP contribution in [-0.2, 0) is 9.53 Å². The number of aliphatic hydroxyl groups is 3. The number of fused-ring (bicyclic) bond motifs is 3. The van der Waals surface area contributed by atoms with Crippen molar-refractivity contribution in [3.63, 3.8) is 0 Å². The summed E-state index contributed by atoms with van der Waals surface area (Å²) < 4.78 is 5.87. The third-order valence-electron chi connectivity index (χ3n) is 9.17. The Morgan fingerprint density at radius 3 is 2.61 bits per heavy atom. The van der Waals surface area contributed by atoms with Gasteiger partial charge in [0.1, 0.15) is 11.0 Å². The Morgan fingerprint density at radius 1 is 1.30 bits per heavy atom. The predicted molar refractivity (Wildman–Crippen MR) is 124 cm³/mol. The predicted octanol–water partition coefficient (Wildman–Crippen LogP) is 3.05. The molecule has 2 fully saturated rings. The molecule has 0 aromatic carbocycles. The summed E-state index contributed by atoms with van der Waals surface area (Å²) >= 11 is 1.25. The maximum atomic E-state index is 14.3. The summed E-state index contributed by atoms with van der Waals surface area (Å²) in [6.07, 6.45) is 1.41. The van der Waals surface area contributed by atoms with Crippen molar-refractivity contribution in [1.29, 1.82) is 0 Å². The molecule has 4 aliphatic carbocycles. The average molecular weight is 473 g/mol. The van der Waals surface area contributed by atoms with Crippen LogP contribution >= 0.6 is 11.3 Å². The SMILES string of the molecule is CC1=CC23C(=O)[C@@H](C=C(CO)[C@@H](O)[C@]2(O)[C@H]1OC(=O)c1sccc1C)[C@H]1[C@@H](CC3C)C1(C)C. The zero-order chi connectivity index (χ0) is 24.1. The monoisotopic (exact) mass is 472 g/mol. The summed E-state index contributed by atoms with van der Waals surface area (Å²) in [4.78, 5) is 27.8. The number of thiophene rings is 1. The molecule has 0 amide bonds. The molecule has 5 rings (SSSR count). The van der Waals surface area contributed by atoms with Crippen molar-refractivity contribution >= 4 is 23.1 Å². The lowest BCUT2D eigenvalue weighted by Gasteiger charge is -2.48. The Bertz CT molecular complexity index is 1100. The fraction of sp³-hybridized carbons (Fsp3) is 0.615. The normalized spacial score (nSPS) is 43.0. The molecule has 1 aromatic rings. The van der Waals surface area contributed by atoms with E-state index in [2.05, 4.69) is 13.8 Å². The van der Waals surface area contributed by atoms with E-state index in [4.69, 9.17) is 4.74 Å². The number of carbonyl (C=O) groups excluding carboxylic acids is 2. The van der Waals surface area contributed by atoms with Crippen molar-refractivity contribution in [3.05, 3.63) is 45.2 Å². The van der Waals surface area contributed by atoms with Crippen LogP contribution in [0.5, 0.6) is 0 Å². The number of allylic oxidation sites excluding steroid dienone is 1. The van der Waals surface area contributed by atoms with Crippen LogP contribution in [0.1, 0.15) is 49.4 Å². The number of aliphatic hydroxyl groups excluding tert-OH is 2. The quantitative estimate of drug-likeness (QED) is 0.461. The van der Waals surface area contributed by atoms with E-state index in [0.29, 0.717) is 16.4 Å². The van der Waals surface area contributed by atoms with Crippen LogP contribution in [0.25, 0.3) is 0 Å². The molecular formula is C26H32O6S. The van der Waals surface area contributed by atoms with Gasteiger partial charge in [0.25, 0.3) is 0 Å². The molecule has 0 aliphatic heterocycles. The van der Waals surface area contributed by atoms with Crippen LogP contribution < -0.4 is 0 Å².